The van der Waals surface area contributed by atoms with E-state index in [1.54, 1.807) is 4.90 Å². The van der Waals surface area contributed by atoms with Crippen molar-refractivity contribution >= 4 is 12.1 Å². The first-order valence-corrected chi connectivity index (χ1v) is 9.04. The van der Waals surface area contributed by atoms with Gasteiger partial charge in [-0.15, -0.1) is 0 Å². The van der Waals surface area contributed by atoms with Crippen LogP contribution in [0.15, 0.2) is 12.4 Å². The fraction of sp³-hybridized carbons (Fsp3) is 0.684. The molecule has 0 spiro atoms. The monoisotopic (exact) mass is 363 g/mol. The highest BCUT2D eigenvalue weighted by molar-refractivity contribution is 5.86. The van der Waals surface area contributed by atoms with E-state index in [-0.39, 0.29) is 17.1 Å². The van der Waals surface area contributed by atoms with Gasteiger partial charge in [0, 0.05) is 31.9 Å². The largest absolute Gasteiger partial charge is 0.478 e. The fourth-order valence-corrected chi connectivity index (χ4v) is 3.29. The van der Waals surface area contributed by atoms with Gasteiger partial charge in [0.2, 0.25) is 0 Å². The number of carbonyl (C=O) groups is 2. The Morgan fingerprint density at radius 1 is 1.23 bits per heavy atom. The summed E-state index contributed by atoms with van der Waals surface area (Å²) >= 11 is 0. The molecule has 0 bridgehead atoms. The van der Waals surface area contributed by atoms with Crippen molar-refractivity contribution in [3.8, 4) is 0 Å². The molecule has 0 radical (unpaired) electrons. The Kier molecular flexibility index (Phi) is 5.88. The molecular weight excluding hydrogens is 334 g/mol. The van der Waals surface area contributed by atoms with Gasteiger partial charge in [-0.3, -0.25) is 0 Å². The number of hydrogen-bond donors (Lipinski definition) is 1. The number of carbonyl (C=O) groups excluding carboxylic acids is 1. The van der Waals surface area contributed by atoms with Gasteiger partial charge in [-0.2, -0.15) is 0 Å². The summed E-state index contributed by atoms with van der Waals surface area (Å²) in [6, 6.07) is 0. The third-order valence-electron chi connectivity index (χ3n) is 5.10. The van der Waals surface area contributed by atoms with Gasteiger partial charge in [0.1, 0.15) is 11.4 Å². The van der Waals surface area contributed by atoms with Gasteiger partial charge in [-0.05, 0) is 44.9 Å². The van der Waals surface area contributed by atoms with E-state index in [0.717, 1.165) is 12.8 Å². The second-order valence-corrected chi connectivity index (χ2v) is 8.35. The number of nitrogens with zero attached hydrogens (tertiary/aromatic N) is 3. The summed E-state index contributed by atoms with van der Waals surface area (Å²) in [5.41, 5.74) is -0.417. The zero-order valence-corrected chi connectivity index (χ0v) is 16.3. The lowest BCUT2D eigenvalue weighted by atomic mass is 9.67. The second kappa shape index (κ2) is 7.60. The Morgan fingerprint density at radius 3 is 2.19 bits per heavy atom. The SMILES string of the molecule is CC(C)C1(Cc2ncc(C(=O)O)cn2)CCN(C(=O)OC(C)(C)C)CC1. The van der Waals surface area contributed by atoms with E-state index in [1.807, 2.05) is 20.8 Å². The molecule has 1 aromatic heterocycles. The first-order chi connectivity index (χ1) is 12.0. The topological polar surface area (TPSA) is 92.6 Å². The molecule has 0 aromatic carbocycles. The second-order valence-electron chi connectivity index (χ2n) is 8.35. The zero-order chi connectivity index (χ0) is 19.5. The van der Waals surface area contributed by atoms with E-state index < -0.39 is 11.6 Å². The molecule has 7 nitrogen and oxygen atoms in total. The van der Waals surface area contributed by atoms with Crippen LogP contribution in [0.1, 0.15) is 63.6 Å². The first kappa shape index (κ1) is 20.1. The minimum atomic E-state index is -1.03. The van der Waals surface area contributed by atoms with Crippen LogP contribution < -0.4 is 0 Å². The van der Waals surface area contributed by atoms with E-state index in [4.69, 9.17) is 9.84 Å². The molecule has 0 atom stereocenters. The van der Waals surface area contributed by atoms with E-state index >= 15 is 0 Å². The lowest BCUT2D eigenvalue weighted by molar-refractivity contribution is 0.00221. The molecule has 144 valence electrons. The predicted molar refractivity (Wildman–Crippen MR) is 97.0 cm³/mol. The van der Waals surface area contributed by atoms with Crippen LogP contribution in [-0.4, -0.2) is 50.7 Å². The first-order valence-electron chi connectivity index (χ1n) is 9.04. The molecule has 1 aliphatic rings. The van der Waals surface area contributed by atoms with Gasteiger partial charge in [0.25, 0.3) is 0 Å². The van der Waals surface area contributed by atoms with Crippen LogP contribution in [0.2, 0.25) is 0 Å². The van der Waals surface area contributed by atoms with Crippen molar-refractivity contribution in [3.63, 3.8) is 0 Å². The minimum Gasteiger partial charge on any atom is -0.478 e. The van der Waals surface area contributed by atoms with Crippen LogP contribution in [0, 0.1) is 11.3 Å². The van der Waals surface area contributed by atoms with Crippen molar-refractivity contribution in [1.29, 1.82) is 0 Å². The van der Waals surface area contributed by atoms with Gasteiger partial charge in [0.05, 0.1) is 5.56 Å². The third-order valence-corrected chi connectivity index (χ3v) is 5.10. The molecule has 1 amide bonds. The molecule has 7 heteroatoms. The molecule has 1 N–H and O–H groups in total. The Hall–Kier alpha value is -2.18. The van der Waals surface area contributed by atoms with Crippen molar-refractivity contribution in [2.75, 3.05) is 13.1 Å². The summed E-state index contributed by atoms with van der Waals surface area (Å²) in [6.45, 7) is 11.2. The summed E-state index contributed by atoms with van der Waals surface area (Å²) in [6.07, 6.45) is 4.80. The predicted octanol–water partition coefficient (Wildman–Crippen LogP) is 3.39. The number of aromatic nitrogens is 2. The van der Waals surface area contributed by atoms with Crippen LogP contribution >= 0.6 is 0 Å². The highest BCUT2D eigenvalue weighted by atomic mass is 16.6. The van der Waals surface area contributed by atoms with Crippen LogP contribution in [-0.2, 0) is 11.2 Å². The number of likely N-dealkylation sites (tertiary alicyclic amines) is 1. The number of amides is 1. The summed E-state index contributed by atoms with van der Waals surface area (Å²) in [5, 5.41) is 8.97. The molecule has 0 unspecified atom stereocenters. The van der Waals surface area contributed by atoms with Gasteiger partial charge < -0.3 is 14.7 Å². The van der Waals surface area contributed by atoms with Gasteiger partial charge >= 0.3 is 12.1 Å². The highest BCUT2D eigenvalue weighted by Gasteiger charge is 2.40. The van der Waals surface area contributed by atoms with Crippen LogP contribution in [0.3, 0.4) is 0 Å². The van der Waals surface area contributed by atoms with E-state index in [2.05, 4.69) is 23.8 Å². The molecule has 1 saturated heterocycles. The average molecular weight is 363 g/mol. The van der Waals surface area contributed by atoms with Crippen LogP contribution in [0.5, 0.6) is 0 Å². The van der Waals surface area contributed by atoms with Crippen molar-refractivity contribution in [1.82, 2.24) is 14.9 Å². The number of aromatic carboxylic acids is 1. The van der Waals surface area contributed by atoms with Crippen molar-refractivity contribution < 1.29 is 19.4 Å². The summed E-state index contributed by atoms with van der Waals surface area (Å²) in [5.74, 6) is 0.0150. The molecule has 1 aromatic rings. The van der Waals surface area contributed by atoms with Crippen molar-refractivity contribution in [2.45, 2.75) is 59.5 Å². The summed E-state index contributed by atoms with van der Waals surface area (Å²) < 4.78 is 5.47. The van der Waals surface area contributed by atoms with Gasteiger partial charge in [0.15, 0.2) is 0 Å². The maximum Gasteiger partial charge on any atom is 0.410 e. The Bertz CT molecular complexity index is 642. The zero-order valence-electron chi connectivity index (χ0n) is 16.3. The highest BCUT2D eigenvalue weighted by Crippen LogP contribution is 2.41. The van der Waals surface area contributed by atoms with Crippen molar-refractivity contribution in [3.05, 3.63) is 23.8 Å². The fourth-order valence-electron chi connectivity index (χ4n) is 3.29. The van der Waals surface area contributed by atoms with E-state index in [1.165, 1.54) is 12.4 Å². The molecule has 0 saturated carbocycles. The van der Waals surface area contributed by atoms with Crippen molar-refractivity contribution in [2.24, 2.45) is 11.3 Å². The quantitative estimate of drug-likeness (QED) is 0.881. The summed E-state index contributed by atoms with van der Waals surface area (Å²) in [7, 11) is 0. The number of ether oxygens (including phenoxy) is 1. The van der Waals surface area contributed by atoms with Gasteiger partial charge in [-0.25, -0.2) is 19.6 Å². The molecule has 2 rings (SSSR count). The number of piperidine rings is 1. The minimum absolute atomic E-state index is 0.0107. The number of rotatable bonds is 4. The molecule has 26 heavy (non-hydrogen) atoms. The number of hydrogen-bond acceptors (Lipinski definition) is 5. The molecule has 2 heterocycles. The van der Waals surface area contributed by atoms with Crippen LogP contribution in [0.25, 0.3) is 0 Å². The standard InChI is InChI=1S/C19H29N3O4/c1-13(2)19(10-15-20-11-14(12-21-15)16(23)24)6-8-22(9-7-19)17(25)26-18(3,4)5/h11-13H,6-10H2,1-5H3,(H,23,24). The number of carboxylic acids is 1. The smallest absolute Gasteiger partial charge is 0.410 e. The van der Waals surface area contributed by atoms with E-state index in [9.17, 15) is 9.59 Å². The molecular formula is C19H29N3O4. The molecule has 1 aliphatic heterocycles. The maximum absolute atomic E-state index is 12.3. The molecule has 1 fully saturated rings. The summed E-state index contributed by atoms with van der Waals surface area (Å²) in [4.78, 5) is 33.4. The lowest BCUT2D eigenvalue weighted by Crippen LogP contribution is -2.47. The third kappa shape index (κ3) is 4.93. The molecule has 0 aliphatic carbocycles. The Morgan fingerprint density at radius 2 is 1.77 bits per heavy atom. The maximum atomic E-state index is 12.3. The lowest BCUT2D eigenvalue weighted by Gasteiger charge is -2.44. The number of carboxylic acid groups (broad SMARTS) is 1. The Labute approximate surface area is 154 Å². The normalized spacial score (nSPS) is 17.2. The van der Waals surface area contributed by atoms with E-state index in [0.29, 0.717) is 31.3 Å². The van der Waals surface area contributed by atoms with Crippen LogP contribution in [0.4, 0.5) is 4.79 Å². The average Bonchev–Trinajstić information content (AvgIpc) is 2.54. The van der Waals surface area contributed by atoms with Gasteiger partial charge in [-0.1, -0.05) is 13.8 Å². The Balaban J connectivity index is 2.05.